The number of carboxylic acid groups (broad SMARTS) is 2. The Morgan fingerprint density at radius 1 is 0.667 bits per heavy atom. The Balaban J connectivity index is 1.70. The summed E-state index contributed by atoms with van der Waals surface area (Å²) in [6.45, 7) is 6.40. The number of hydrogen-bond acceptors (Lipinski definition) is 7. The third kappa shape index (κ3) is 5.45. The van der Waals surface area contributed by atoms with Crippen LogP contribution in [-0.2, 0) is 0 Å². The number of benzene rings is 4. The molecular formula is C33H27NO6S2. The Labute approximate surface area is 251 Å². The Kier molecular flexibility index (Phi) is 8.24. The number of aromatic carboxylic acids is 2. The van der Waals surface area contributed by atoms with Crippen molar-refractivity contribution in [3.63, 3.8) is 0 Å². The molecule has 0 saturated carbocycles. The predicted molar refractivity (Wildman–Crippen MR) is 163 cm³/mol. The second-order valence-corrected chi connectivity index (χ2v) is 12.4. The van der Waals surface area contributed by atoms with E-state index in [2.05, 4.69) is 5.32 Å². The molecule has 3 N–H and O–H groups in total. The van der Waals surface area contributed by atoms with E-state index in [1.807, 2.05) is 13.8 Å². The maximum Gasteiger partial charge on any atom is 0.336 e. The number of ketones is 2. The van der Waals surface area contributed by atoms with Gasteiger partial charge in [-0.3, -0.25) is 9.59 Å². The van der Waals surface area contributed by atoms with E-state index >= 15 is 0 Å². The topological polar surface area (TPSA) is 121 Å². The molecule has 7 nitrogen and oxygen atoms in total. The zero-order valence-corrected chi connectivity index (χ0v) is 24.7. The Morgan fingerprint density at radius 2 is 1.14 bits per heavy atom. The maximum atomic E-state index is 14.5. The first kappa shape index (κ1) is 29.2. The van der Waals surface area contributed by atoms with Crippen LogP contribution in [0.1, 0.15) is 72.0 Å². The molecule has 0 bridgehead atoms. The summed E-state index contributed by atoms with van der Waals surface area (Å²) in [5, 5.41) is 22.8. The van der Waals surface area contributed by atoms with Gasteiger partial charge in [-0.25, -0.2) is 9.59 Å². The molecule has 0 radical (unpaired) electrons. The van der Waals surface area contributed by atoms with E-state index in [0.717, 1.165) is 23.5 Å². The number of nitrogens with one attached hydrogen (secondary N) is 1. The number of carbonyl (C=O) groups excluding carboxylic acids is 2. The molecule has 0 spiro atoms. The second-order valence-electron chi connectivity index (χ2n) is 10.2. The molecule has 4 aromatic carbocycles. The van der Waals surface area contributed by atoms with Gasteiger partial charge in [0.15, 0.2) is 11.6 Å². The van der Waals surface area contributed by atoms with E-state index in [1.165, 1.54) is 12.1 Å². The second kappa shape index (κ2) is 11.9. The van der Waals surface area contributed by atoms with Crippen molar-refractivity contribution in [2.75, 3.05) is 11.9 Å². The fourth-order valence-electron chi connectivity index (χ4n) is 4.83. The Hall–Kier alpha value is -4.34. The van der Waals surface area contributed by atoms with Crippen molar-refractivity contribution in [1.82, 2.24) is 0 Å². The molecule has 9 heteroatoms. The molecule has 212 valence electrons. The SMILES string of the molecule is Cc1ccc(Sc2ccccc2C(=O)O)c2c1C(=O)c1c(Sc3ccccc3C(=O)O)ccc(NCC(C)C)c1C2=O. The van der Waals surface area contributed by atoms with Crippen molar-refractivity contribution in [3.05, 3.63) is 112 Å². The van der Waals surface area contributed by atoms with Gasteiger partial charge in [-0.05, 0) is 60.9 Å². The first-order valence-electron chi connectivity index (χ1n) is 13.2. The molecule has 0 aliphatic heterocycles. The number of rotatable bonds is 9. The van der Waals surface area contributed by atoms with Gasteiger partial charge in [0.05, 0.1) is 16.7 Å². The zero-order chi connectivity index (χ0) is 30.1. The van der Waals surface area contributed by atoms with Crippen molar-refractivity contribution in [1.29, 1.82) is 0 Å². The van der Waals surface area contributed by atoms with Gasteiger partial charge in [0.1, 0.15) is 0 Å². The van der Waals surface area contributed by atoms with Gasteiger partial charge in [0, 0.05) is 48.5 Å². The molecule has 1 aliphatic carbocycles. The molecule has 0 amide bonds. The summed E-state index contributed by atoms with van der Waals surface area (Å²) in [5.74, 6) is -2.60. The predicted octanol–water partition coefficient (Wildman–Crippen LogP) is 7.54. The van der Waals surface area contributed by atoms with E-state index < -0.39 is 11.9 Å². The number of fused-ring (bicyclic) bond motifs is 2. The largest absolute Gasteiger partial charge is 0.478 e. The zero-order valence-electron chi connectivity index (χ0n) is 23.1. The fourth-order valence-corrected chi connectivity index (χ4v) is 7.00. The molecular weight excluding hydrogens is 570 g/mol. The monoisotopic (exact) mass is 597 g/mol. The van der Waals surface area contributed by atoms with E-state index in [9.17, 15) is 29.4 Å². The molecule has 0 saturated heterocycles. The van der Waals surface area contributed by atoms with E-state index in [0.29, 0.717) is 37.4 Å². The highest BCUT2D eigenvalue weighted by atomic mass is 32.2. The number of anilines is 1. The average Bonchev–Trinajstić information content (AvgIpc) is 2.96. The standard InChI is InChI=1S/C33H27NO6S2/c1-17(2)16-34-21-13-15-25(42-23-11-7-5-9-20(23)33(39)40)29-27(21)31(36)28-24(14-12-18(3)26(28)30(29)35)41-22-10-6-4-8-19(22)32(37)38/h4-15,17,34H,16H2,1-3H3,(H,37,38)(H,39,40). The smallest absolute Gasteiger partial charge is 0.336 e. The van der Waals surface area contributed by atoms with Gasteiger partial charge in [-0.15, -0.1) is 0 Å². The third-order valence-electron chi connectivity index (χ3n) is 6.83. The van der Waals surface area contributed by atoms with Crippen LogP contribution in [-0.4, -0.2) is 40.3 Å². The van der Waals surface area contributed by atoms with Crippen LogP contribution >= 0.6 is 23.5 Å². The van der Waals surface area contributed by atoms with Crippen LogP contribution in [0, 0.1) is 12.8 Å². The molecule has 0 heterocycles. The van der Waals surface area contributed by atoms with Crippen molar-refractivity contribution in [3.8, 4) is 0 Å². The molecule has 0 aromatic heterocycles. The van der Waals surface area contributed by atoms with Crippen molar-refractivity contribution < 1.29 is 29.4 Å². The third-order valence-corrected chi connectivity index (χ3v) is 9.10. The van der Waals surface area contributed by atoms with Crippen molar-refractivity contribution in [2.45, 2.75) is 40.4 Å². The number of carbonyl (C=O) groups is 4. The lowest BCUT2D eigenvalue weighted by molar-refractivity contribution is 0.0682. The molecule has 5 rings (SSSR count). The van der Waals surface area contributed by atoms with Gasteiger partial charge < -0.3 is 15.5 Å². The minimum absolute atomic E-state index is 0.0974. The van der Waals surface area contributed by atoms with Gasteiger partial charge in [0.25, 0.3) is 0 Å². The van der Waals surface area contributed by atoms with E-state index in [4.69, 9.17) is 0 Å². The summed E-state index contributed by atoms with van der Waals surface area (Å²) in [7, 11) is 0. The number of hydrogen-bond donors (Lipinski definition) is 3. The normalized spacial score (nSPS) is 12.2. The molecule has 0 unspecified atom stereocenters. The lowest BCUT2D eigenvalue weighted by Gasteiger charge is -2.26. The number of carboxylic acids is 2. The summed E-state index contributed by atoms with van der Waals surface area (Å²) < 4.78 is 0. The van der Waals surface area contributed by atoms with E-state index in [1.54, 1.807) is 67.6 Å². The van der Waals surface area contributed by atoms with Crippen LogP contribution in [0.25, 0.3) is 0 Å². The van der Waals surface area contributed by atoms with Gasteiger partial charge >= 0.3 is 11.9 Å². The molecule has 1 aliphatic rings. The van der Waals surface area contributed by atoms with Gasteiger partial charge in [0.2, 0.25) is 0 Å². The van der Waals surface area contributed by atoms with Crippen LogP contribution < -0.4 is 5.32 Å². The summed E-state index contributed by atoms with van der Waals surface area (Å²) >= 11 is 2.27. The van der Waals surface area contributed by atoms with Crippen LogP contribution in [0.15, 0.2) is 92.4 Å². The average molecular weight is 598 g/mol. The number of aryl methyl sites for hydroxylation is 1. The minimum Gasteiger partial charge on any atom is -0.478 e. The van der Waals surface area contributed by atoms with Gasteiger partial charge in [-0.2, -0.15) is 0 Å². The first-order valence-corrected chi connectivity index (χ1v) is 14.9. The van der Waals surface area contributed by atoms with Gasteiger partial charge in [-0.1, -0.05) is 67.7 Å². The maximum absolute atomic E-state index is 14.5. The highest BCUT2D eigenvalue weighted by Gasteiger charge is 2.37. The summed E-state index contributed by atoms with van der Waals surface area (Å²) in [5.41, 5.74) is 2.28. The molecule has 0 fully saturated rings. The Morgan fingerprint density at radius 3 is 1.67 bits per heavy atom. The molecule has 0 atom stereocenters. The quantitative estimate of drug-likeness (QED) is 0.158. The van der Waals surface area contributed by atoms with E-state index in [-0.39, 0.29) is 50.9 Å². The van der Waals surface area contributed by atoms with Crippen molar-refractivity contribution >= 4 is 52.7 Å². The fraction of sp³-hybridized carbons (Fsp3) is 0.152. The van der Waals surface area contributed by atoms with Crippen LogP contribution in [0.2, 0.25) is 0 Å². The summed E-state index contributed by atoms with van der Waals surface area (Å²) in [6, 6.07) is 20.1. The minimum atomic E-state index is -1.09. The molecule has 42 heavy (non-hydrogen) atoms. The van der Waals surface area contributed by atoms with Crippen LogP contribution in [0.3, 0.4) is 0 Å². The van der Waals surface area contributed by atoms with Crippen LogP contribution in [0.5, 0.6) is 0 Å². The summed E-state index contributed by atoms with van der Waals surface area (Å²) in [6.07, 6.45) is 0. The Bertz CT molecular complexity index is 1780. The lowest BCUT2D eigenvalue weighted by Crippen LogP contribution is -2.26. The molecule has 4 aromatic rings. The van der Waals surface area contributed by atoms with Crippen LogP contribution in [0.4, 0.5) is 5.69 Å². The highest BCUT2D eigenvalue weighted by Crippen LogP contribution is 2.45. The first-order chi connectivity index (χ1) is 20.1. The van der Waals surface area contributed by atoms with Crippen molar-refractivity contribution in [2.24, 2.45) is 5.92 Å². The summed E-state index contributed by atoms with van der Waals surface area (Å²) in [4.78, 5) is 54.5. The highest BCUT2D eigenvalue weighted by molar-refractivity contribution is 7.99. The lowest BCUT2D eigenvalue weighted by atomic mass is 9.81.